The number of nitrogens with one attached hydrogen (secondary N) is 2. The van der Waals surface area contributed by atoms with Crippen LogP contribution in [0.1, 0.15) is 46.0 Å². The molecule has 0 saturated heterocycles. The van der Waals surface area contributed by atoms with Crippen molar-refractivity contribution in [1.82, 2.24) is 10.6 Å². The molecule has 0 saturated carbocycles. The third-order valence-corrected chi connectivity index (χ3v) is 5.07. The summed E-state index contributed by atoms with van der Waals surface area (Å²) in [5.41, 5.74) is 5.93. The largest absolute Gasteiger partial charge is 0.490 e. The van der Waals surface area contributed by atoms with Crippen LogP contribution in [-0.4, -0.2) is 83.9 Å². The number of ether oxygens (including phenoxy) is 3. The van der Waals surface area contributed by atoms with Crippen molar-refractivity contribution in [2.75, 3.05) is 13.2 Å². The molecule has 12 nitrogen and oxygen atoms in total. The minimum Gasteiger partial charge on any atom is -0.477 e. The van der Waals surface area contributed by atoms with E-state index in [2.05, 4.69) is 15.4 Å². The van der Waals surface area contributed by atoms with Gasteiger partial charge in [0.15, 0.2) is 12.2 Å². The maximum atomic E-state index is 12.5. The second-order valence-corrected chi connectivity index (χ2v) is 8.10. The maximum Gasteiger partial charge on any atom is 0.490 e. The third-order valence-electron chi connectivity index (χ3n) is 5.07. The average molecular weight is 527 g/mol. The van der Waals surface area contributed by atoms with Crippen molar-refractivity contribution >= 4 is 23.9 Å². The predicted octanol–water partition coefficient (Wildman–Crippen LogP) is 0.717. The fourth-order valence-corrected chi connectivity index (χ4v) is 3.35. The first kappa shape index (κ1) is 31.0. The van der Waals surface area contributed by atoms with Crippen molar-refractivity contribution in [2.45, 2.75) is 82.5 Å². The second kappa shape index (κ2) is 14.5. The standard InChI is InChI=1S/C21H32F3N3O9/c1-3-4-5-6-7-8-26-20(33)36-16(13(29)10-34-19(32)21(22,23)24)17-15(27-11(2)28)12(25)9-14(35-17)18(30)31/h9,12-13,15-17,29H,3-8,10,25H2,1-2H3,(H,26,33)(H,27,28)(H,30,31)/t12-,13+,15+,16+,17+/m0/s1. The Bertz CT molecular complexity index is 807. The molecule has 6 N–H and O–H groups in total. The Kier molecular flexibility index (Phi) is 12.5. The van der Waals surface area contributed by atoms with E-state index in [9.17, 15) is 42.6 Å². The molecule has 0 fully saturated rings. The van der Waals surface area contributed by atoms with Gasteiger partial charge < -0.3 is 40.8 Å². The second-order valence-electron chi connectivity index (χ2n) is 8.10. The van der Waals surface area contributed by atoms with Gasteiger partial charge in [-0.05, 0) is 12.5 Å². The van der Waals surface area contributed by atoms with Crippen molar-refractivity contribution in [2.24, 2.45) is 5.73 Å². The summed E-state index contributed by atoms with van der Waals surface area (Å²) in [7, 11) is 0. The smallest absolute Gasteiger partial charge is 0.477 e. The van der Waals surface area contributed by atoms with E-state index in [-0.39, 0.29) is 6.54 Å². The number of nitrogens with two attached hydrogens (primary N) is 1. The van der Waals surface area contributed by atoms with Crippen LogP contribution in [0.15, 0.2) is 11.8 Å². The Morgan fingerprint density at radius 3 is 2.39 bits per heavy atom. The first-order valence-corrected chi connectivity index (χ1v) is 11.3. The number of carbonyl (C=O) groups is 4. The lowest BCUT2D eigenvalue weighted by Crippen LogP contribution is -2.63. The number of carbonyl (C=O) groups excluding carboxylic acids is 3. The summed E-state index contributed by atoms with van der Waals surface area (Å²) in [4.78, 5) is 46.6. The monoisotopic (exact) mass is 527 g/mol. The van der Waals surface area contributed by atoms with Gasteiger partial charge in [-0.15, -0.1) is 0 Å². The molecule has 1 aliphatic rings. The van der Waals surface area contributed by atoms with E-state index >= 15 is 0 Å². The van der Waals surface area contributed by atoms with Crippen LogP contribution in [-0.2, 0) is 28.6 Å². The number of carboxylic acids is 1. The number of unbranched alkanes of at least 4 members (excludes halogenated alkanes) is 4. The zero-order chi connectivity index (χ0) is 27.5. The lowest BCUT2D eigenvalue weighted by atomic mass is 9.92. The fraction of sp³-hybridized carbons (Fsp3) is 0.714. The van der Waals surface area contributed by atoms with E-state index in [0.717, 1.165) is 38.7 Å². The molecule has 0 aromatic rings. The molecular weight excluding hydrogens is 495 g/mol. The molecule has 0 bridgehead atoms. The molecule has 1 heterocycles. The van der Waals surface area contributed by atoms with E-state index in [4.69, 9.17) is 15.2 Å². The Hall–Kier alpha value is -3.07. The maximum absolute atomic E-state index is 12.5. The number of rotatable bonds is 13. The SMILES string of the molecule is CCCCCCCNC(=O)O[C@@H]([C@@H]1OC(C(=O)O)=C[C@H](N)[C@H]1NC(C)=O)[C@H](O)COC(=O)C(F)(F)F. The molecule has 1 rings (SSSR count). The van der Waals surface area contributed by atoms with Crippen molar-refractivity contribution in [3.63, 3.8) is 0 Å². The molecule has 0 aromatic carbocycles. The average Bonchev–Trinajstić information content (AvgIpc) is 2.78. The Morgan fingerprint density at radius 2 is 1.83 bits per heavy atom. The van der Waals surface area contributed by atoms with Crippen LogP contribution in [0.5, 0.6) is 0 Å². The molecule has 0 unspecified atom stereocenters. The lowest BCUT2D eigenvalue weighted by Gasteiger charge is -2.40. The summed E-state index contributed by atoms with van der Waals surface area (Å²) in [6.07, 6.45) is -6.83. The highest BCUT2D eigenvalue weighted by Crippen LogP contribution is 2.25. The van der Waals surface area contributed by atoms with Crippen LogP contribution >= 0.6 is 0 Å². The zero-order valence-electron chi connectivity index (χ0n) is 19.9. The highest BCUT2D eigenvalue weighted by atomic mass is 19.4. The number of esters is 1. The molecule has 0 spiro atoms. The number of alkyl halides is 3. The molecule has 0 aromatic heterocycles. The van der Waals surface area contributed by atoms with Crippen molar-refractivity contribution in [3.05, 3.63) is 11.8 Å². The number of hydrogen-bond donors (Lipinski definition) is 5. The highest BCUT2D eigenvalue weighted by molar-refractivity contribution is 5.85. The van der Waals surface area contributed by atoms with Gasteiger partial charge in [-0.3, -0.25) is 4.79 Å². The molecular formula is C21H32F3N3O9. The zero-order valence-corrected chi connectivity index (χ0v) is 19.9. The molecule has 0 radical (unpaired) electrons. The van der Waals surface area contributed by atoms with Crippen molar-refractivity contribution < 1.29 is 56.8 Å². The molecule has 36 heavy (non-hydrogen) atoms. The first-order valence-electron chi connectivity index (χ1n) is 11.3. The summed E-state index contributed by atoms with van der Waals surface area (Å²) in [6.45, 7) is 2.02. The molecule has 15 heteroatoms. The molecule has 5 atom stereocenters. The molecule has 0 aliphatic carbocycles. The van der Waals surface area contributed by atoms with Gasteiger partial charge in [-0.1, -0.05) is 32.6 Å². The van der Waals surface area contributed by atoms with Crippen LogP contribution in [0.25, 0.3) is 0 Å². The number of halogens is 3. The Balaban J connectivity index is 3.10. The molecule has 1 aliphatic heterocycles. The number of aliphatic carboxylic acids is 1. The summed E-state index contributed by atoms with van der Waals surface area (Å²) in [5.74, 6) is -5.55. The van der Waals surface area contributed by atoms with Gasteiger partial charge in [-0.2, -0.15) is 13.2 Å². The molecule has 206 valence electrons. The number of carboxylic acid groups (broad SMARTS) is 1. The summed E-state index contributed by atoms with van der Waals surface area (Å²) in [6, 6.07) is -2.48. The first-order chi connectivity index (χ1) is 16.8. The van der Waals surface area contributed by atoms with Crippen LogP contribution in [0.2, 0.25) is 0 Å². The summed E-state index contributed by atoms with van der Waals surface area (Å²) in [5, 5.41) is 24.6. The van der Waals surface area contributed by atoms with E-state index in [1.807, 2.05) is 6.92 Å². The topological polar surface area (TPSA) is 187 Å². The highest BCUT2D eigenvalue weighted by Gasteiger charge is 2.47. The van der Waals surface area contributed by atoms with E-state index in [1.165, 1.54) is 0 Å². The van der Waals surface area contributed by atoms with Gasteiger partial charge in [0.2, 0.25) is 11.7 Å². The number of amides is 2. The van der Waals surface area contributed by atoms with Crippen molar-refractivity contribution in [1.29, 1.82) is 0 Å². The third kappa shape index (κ3) is 10.3. The normalized spacial score (nSPS) is 21.3. The van der Waals surface area contributed by atoms with Gasteiger partial charge in [0.05, 0.1) is 12.1 Å². The van der Waals surface area contributed by atoms with Crippen LogP contribution in [0, 0.1) is 0 Å². The van der Waals surface area contributed by atoms with Gasteiger partial charge >= 0.3 is 24.2 Å². The van der Waals surface area contributed by atoms with Crippen LogP contribution < -0.4 is 16.4 Å². The predicted molar refractivity (Wildman–Crippen MR) is 116 cm³/mol. The Labute approximate surface area is 205 Å². The number of alkyl carbamates (subject to hydrolysis) is 1. The van der Waals surface area contributed by atoms with Gasteiger partial charge in [-0.25, -0.2) is 14.4 Å². The summed E-state index contributed by atoms with van der Waals surface area (Å²) >= 11 is 0. The number of hydrogen-bond acceptors (Lipinski definition) is 9. The van der Waals surface area contributed by atoms with E-state index in [0.29, 0.717) is 6.42 Å². The number of aliphatic hydroxyl groups is 1. The number of aliphatic hydroxyl groups excluding tert-OH is 1. The summed E-state index contributed by atoms with van der Waals surface area (Å²) < 4.78 is 52.0. The Morgan fingerprint density at radius 1 is 1.19 bits per heavy atom. The van der Waals surface area contributed by atoms with Gasteiger partial charge in [0.25, 0.3) is 0 Å². The van der Waals surface area contributed by atoms with Crippen LogP contribution in [0.3, 0.4) is 0 Å². The van der Waals surface area contributed by atoms with Gasteiger partial charge in [0.1, 0.15) is 12.7 Å². The lowest BCUT2D eigenvalue weighted by molar-refractivity contribution is -0.204. The van der Waals surface area contributed by atoms with E-state index < -0.39 is 72.9 Å². The fourth-order valence-electron chi connectivity index (χ4n) is 3.35. The quantitative estimate of drug-likeness (QED) is 0.169. The van der Waals surface area contributed by atoms with E-state index in [1.54, 1.807) is 0 Å². The molecule has 2 amide bonds. The minimum absolute atomic E-state index is 0.175. The minimum atomic E-state index is -5.35. The van der Waals surface area contributed by atoms with Gasteiger partial charge in [0, 0.05) is 13.5 Å². The van der Waals surface area contributed by atoms with Crippen LogP contribution in [0.4, 0.5) is 18.0 Å². The van der Waals surface area contributed by atoms with Crippen molar-refractivity contribution in [3.8, 4) is 0 Å².